The number of fused-ring (bicyclic) bond motifs is 2. The third-order valence-corrected chi connectivity index (χ3v) is 3.59. The van der Waals surface area contributed by atoms with E-state index in [4.69, 9.17) is 4.74 Å². The highest BCUT2D eigenvalue weighted by Crippen LogP contribution is 2.29. The van der Waals surface area contributed by atoms with Crippen molar-refractivity contribution in [1.82, 2.24) is 4.90 Å². The van der Waals surface area contributed by atoms with Crippen molar-refractivity contribution in [2.45, 2.75) is 25.0 Å². The number of carbonyl (C=O) groups excluding carboxylic acids is 1. The maximum atomic E-state index is 11.8. The number of aromatic hydroxyl groups is 1. The number of para-hydroxylation sites is 1. The summed E-state index contributed by atoms with van der Waals surface area (Å²) in [6.45, 7) is 1.33. The van der Waals surface area contributed by atoms with Crippen LogP contribution in [0.1, 0.15) is 12.0 Å². The normalized spacial score (nSPS) is 26.8. The topological polar surface area (TPSA) is 49.8 Å². The summed E-state index contributed by atoms with van der Waals surface area (Å²) < 4.78 is 5.33. The van der Waals surface area contributed by atoms with Crippen molar-refractivity contribution in [1.29, 1.82) is 0 Å². The summed E-state index contributed by atoms with van der Waals surface area (Å²) in [4.78, 5) is 13.7. The fraction of sp³-hybridized carbons (Fsp3) is 0.462. The van der Waals surface area contributed by atoms with Gasteiger partial charge in [-0.1, -0.05) is 18.2 Å². The maximum Gasteiger partial charge on any atom is 0.252 e. The SMILES string of the molecule is O=C1C2CC(CO2)N1CCc1ccccc1O. The third-order valence-electron chi connectivity index (χ3n) is 3.59. The highest BCUT2D eigenvalue weighted by molar-refractivity contribution is 5.84. The number of ether oxygens (including phenoxy) is 1. The largest absolute Gasteiger partial charge is 0.508 e. The summed E-state index contributed by atoms with van der Waals surface area (Å²) in [6.07, 6.45) is 1.32. The zero-order valence-corrected chi connectivity index (χ0v) is 9.50. The molecule has 17 heavy (non-hydrogen) atoms. The fourth-order valence-corrected chi connectivity index (χ4v) is 2.62. The first-order valence-electron chi connectivity index (χ1n) is 5.94. The average molecular weight is 233 g/mol. The molecule has 2 unspecified atom stereocenters. The van der Waals surface area contributed by atoms with Gasteiger partial charge in [0.05, 0.1) is 12.6 Å². The molecule has 1 N–H and O–H groups in total. The van der Waals surface area contributed by atoms with Crippen LogP contribution in [0.4, 0.5) is 0 Å². The number of phenolic OH excluding ortho intramolecular Hbond substituents is 1. The standard InChI is InChI=1S/C13H15NO3/c15-11-4-2-1-3-9(11)5-6-14-10-7-12(13(14)16)17-8-10/h1-4,10,12,15H,5-8H2. The van der Waals surface area contributed by atoms with Crippen molar-refractivity contribution in [2.24, 2.45) is 0 Å². The average Bonchev–Trinajstić information content (AvgIpc) is 2.90. The molecule has 2 saturated heterocycles. The van der Waals surface area contributed by atoms with Crippen LogP contribution in [0.25, 0.3) is 0 Å². The molecule has 0 spiro atoms. The van der Waals surface area contributed by atoms with E-state index in [1.807, 2.05) is 17.0 Å². The molecule has 4 nitrogen and oxygen atoms in total. The van der Waals surface area contributed by atoms with Crippen molar-refractivity contribution < 1.29 is 14.6 Å². The van der Waals surface area contributed by atoms with Crippen LogP contribution in [-0.4, -0.2) is 41.2 Å². The van der Waals surface area contributed by atoms with Gasteiger partial charge in [-0.2, -0.15) is 0 Å². The zero-order valence-electron chi connectivity index (χ0n) is 9.50. The number of nitrogens with zero attached hydrogens (tertiary/aromatic N) is 1. The van der Waals surface area contributed by atoms with Gasteiger partial charge in [-0.3, -0.25) is 4.79 Å². The van der Waals surface area contributed by atoms with Gasteiger partial charge in [0.15, 0.2) is 0 Å². The van der Waals surface area contributed by atoms with Gasteiger partial charge in [-0.05, 0) is 18.1 Å². The van der Waals surface area contributed by atoms with Gasteiger partial charge in [-0.25, -0.2) is 0 Å². The summed E-state index contributed by atoms with van der Waals surface area (Å²) in [6, 6.07) is 7.52. The van der Waals surface area contributed by atoms with Gasteiger partial charge >= 0.3 is 0 Å². The Hall–Kier alpha value is -1.55. The Morgan fingerprint density at radius 1 is 1.41 bits per heavy atom. The minimum absolute atomic E-state index is 0.108. The predicted molar refractivity (Wildman–Crippen MR) is 61.7 cm³/mol. The molecule has 2 aliphatic heterocycles. The number of hydrogen-bond donors (Lipinski definition) is 1. The number of amides is 1. The van der Waals surface area contributed by atoms with Crippen molar-refractivity contribution >= 4 is 5.91 Å². The molecule has 90 valence electrons. The van der Waals surface area contributed by atoms with Gasteiger partial charge in [0.1, 0.15) is 11.9 Å². The van der Waals surface area contributed by atoms with E-state index in [2.05, 4.69) is 0 Å². The second kappa shape index (κ2) is 4.04. The lowest BCUT2D eigenvalue weighted by Crippen LogP contribution is -2.42. The van der Waals surface area contributed by atoms with Crippen LogP contribution in [0, 0.1) is 0 Å². The molecule has 3 rings (SSSR count). The number of benzene rings is 1. The lowest BCUT2D eigenvalue weighted by atomic mass is 10.1. The first kappa shape index (κ1) is 10.6. The van der Waals surface area contributed by atoms with Crippen molar-refractivity contribution in [3.8, 4) is 5.75 Å². The van der Waals surface area contributed by atoms with Crippen molar-refractivity contribution in [3.05, 3.63) is 29.8 Å². The van der Waals surface area contributed by atoms with Crippen LogP contribution >= 0.6 is 0 Å². The molecular formula is C13H15NO3. The van der Waals surface area contributed by atoms with Gasteiger partial charge < -0.3 is 14.7 Å². The van der Waals surface area contributed by atoms with Gasteiger partial charge in [0, 0.05) is 13.0 Å². The molecule has 4 heteroatoms. The van der Waals surface area contributed by atoms with Crippen molar-refractivity contribution in [3.63, 3.8) is 0 Å². The quantitative estimate of drug-likeness (QED) is 0.845. The summed E-state index contributed by atoms with van der Waals surface area (Å²) in [5.41, 5.74) is 0.893. The predicted octanol–water partition coefficient (Wildman–Crippen LogP) is 0.934. The molecule has 0 radical (unpaired) electrons. The van der Waals surface area contributed by atoms with Gasteiger partial charge in [0.25, 0.3) is 5.91 Å². The third kappa shape index (κ3) is 1.78. The monoisotopic (exact) mass is 233 g/mol. The number of carbonyl (C=O) groups is 1. The summed E-state index contributed by atoms with van der Waals surface area (Å²) in [5.74, 6) is 0.414. The molecule has 1 aromatic rings. The van der Waals surface area contributed by atoms with Gasteiger partial charge in [0.2, 0.25) is 0 Å². The van der Waals surface area contributed by atoms with Crippen molar-refractivity contribution in [2.75, 3.05) is 13.2 Å². The van der Waals surface area contributed by atoms with E-state index in [9.17, 15) is 9.90 Å². The Balaban J connectivity index is 1.66. The molecule has 2 atom stereocenters. The second-order valence-electron chi connectivity index (χ2n) is 4.62. The smallest absolute Gasteiger partial charge is 0.252 e. The molecule has 2 bridgehead atoms. The molecule has 2 aliphatic rings. The van der Waals surface area contributed by atoms with Crippen LogP contribution in [0.5, 0.6) is 5.75 Å². The lowest BCUT2D eigenvalue weighted by Gasteiger charge is -2.26. The summed E-state index contributed by atoms with van der Waals surface area (Å²) >= 11 is 0. The Kier molecular flexibility index (Phi) is 2.52. The van der Waals surface area contributed by atoms with E-state index in [1.165, 1.54) is 0 Å². The van der Waals surface area contributed by atoms with E-state index in [0.29, 0.717) is 25.3 Å². The molecule has 0 aliphatic carbocycles. The highest BCUT2D eigenvalue weighted by Gasteiger charge is 2.45. The van der Waals surface area contributed by atoms with E-state index in [0.717, 1.165) is 12.0 Å². The Bertz CT molecular complexity index is 446. The van der Waals surface area contributed by atoms with Crippen LogP contribution in [0.3, 0.4) is 0 Å². The molecule has 0 aromatic heterocycles. The lowest BCUT2D eigenvalue weighted by molar-refractivity contribution is -0.143. The number of morpholine rings is 1. The highest BCUT2D eigenvalue weighted by atomic mass is 16.5. The Labute approximate surface area is 99.8 Å². The van der Waals surface area contributed by atoms with Crippen LogP contribution in [0.2, 0.25) is 0 Å². The molecule has 0 saturated carbocycles. The Morgan fingerprint density at radius 2 is 2.24 bits per heavy atom. The van der Waals surface area contributed by atoms with Crippen LogP contribution < -0.4 is 0 Å². The number of rotatable bonds is 3. The molecule has 2 fully saturated rings. The number of phenols is 1. The van der Waals surface area contributed by atoms with Gasteiger partial charge in [-0.15, -0.1) is 0 Å². The minimum Gasteiger partial charge on any atom is -0.508 e. The van der Waals surface area contributed by atoms with E-state index < -0.39 is 0 Å². The molecule has 1 amide bonds. The zero-order chi connectivity index (χ0) is 11.8. The first-order chi connectivity index (χ1) is 8.25. The van der Waals surface area contributed by atoms with E-state index >= 15 is 0 Å². The second-order valence-corrected chi connectivity index (χ2v) is 4.62. The van der Waals surface area contributed by atoms with E-state index in [-0.39, 0.29) is 18.1 Å². The maximum absolute atomic E-state index is 11.8. The minimum atomic E-state index is -0.204. The summed E-state index contributed by atoms with van der Waals surface area (Å²) in [7, 11) is 0. The molecule has 2 heterocycles. The number of hydrogen-bond acceptors (Lipinski definition) is 3. The Morgan fingerprint density at radius 3 is 2.94 bits per heavy atom. The summed E-state index contributed by atoms with van der Waals surface area (Å²) in [5, 5.41) is 9.65. The first-order valence-corrected chi connectivity index (χ1v) is 5.94. The van der Waals surface area contributed by atoms with E-state index in [1.54, 1.807) is 12.1 Å². The van der Waals surface area contributed by atoms with Crippen LogP contribution in [-0.2, 0) is 16.0 Å². The molecule has 1 aromatic carbocycles. The fourth-order valence-electron chi connectivity index (χ4n) is 2.62. The molecular weight excluding hydrogens is 218 g/mol. The van der Waals surface area contributed by atoms with Crippen LogP contribution in [0.15, 0.2) is 24.3 Å². The number of likely N-dealkylation sites (tertiary alicyclic amines) is 1.